The number of rotatable bonds is 8. The highest BCUT2D eigenvalue weighted by atomic mass is 16.2. The van der Waals surface area contributed by atoms with Gasteiger partial charge in [0.1, 0.15) is 0 Å². The van der Waals surface area contributed by atoms with E-state index in [1.807, 2.05) is 35.2 Å². The number of nitrogens with zero attached hydrogens (tertiary/aromatic N) is 2. The molecule has 4 nitrogen and oxygen atoms in total. The van der Waals surface area contributed by atoms with Gasteiger partial charge < -0.3 is 4.90 Å². The van der Waals surface area contributed by atoms with Gasteiger partial charge in [-0.25, -0.2) is 0 Å². The molecule has 1 aliphatic heterocycles. The van der Waals surface area contributed by atoms with E-state index in [2.05, 4.69) is 18.7 Å². The maximum absolute atomic E-state index is 12.4. The number of ketones is 1. The quantitative estimate of drug-likeness (QED) is 0.687. The number of amides is 1. The van der Waals surface area contributed by atoms with E-state index >= 15 is 0 Å². The summed E-state index contributed by atoms with van der Waals surface area (Å²) in [5.74, 6) is 0.720. The molecule has 0 aromatic heterocycles. The molecule has 0 N–H and O–H groups in total. The van der Waals surface area contributed by atoms with E-state index in [1.54, 1.807) is 0 Å². The number of Topliss-reactive ketones (excluding diaryl/α,β-unsaturated/α-hetero) is 1. The van der Waals surface area contributed by atoms with Crippen molar-refractivity contribution in [2.45, 2.75) is 39.5 Å². The fourth-order valence-corrected chi connectivity index (χ4v) is 3.32. The summed E-state index contributed by atoms with van der Waals surface area (Å²) in [6, 6.07) is 9.50. The van der Waals surface area contributed by atoms with Crippen LogP contribution in [0.3, 0.4) is 0 Å². The predicted molar refractivity (Wildman–Crippen MR) is 97.1 cm³/mol. The lowest BCUT2D eigenvalue weighted by Crippen LogP contribution is -2.50. The zero-order valence-electron chi connectivity index (χ0n) is 15.0. The Labute approximate surface area is 145 Å². The fraction of sp³-hybridized carbons (Fsp3) is 0.600. The molecule has 2 rings (SSSR count). The predicted octanol–water partition coefficient (Wildman–Crippen LogP) is 3.23. The summed E-state index contributed by atoms with van der Waals surface area (Å²) in [5, 5.41) is 0. The highest BCUT2D eigenvalue weighted by molar-refractivity contribution is 5.95. The Balaban J connectivity index is 1.68. The van der Waals surface area contributed by atoms with Gasteiger partial charge in [0.25, 0.3) is 0 Å². The average Bonchev–Trinajstić information content (AvgIpc) is 2.64. The Morgan fingerprint density at radius 2 is 1.62 bits per heavy atom. The van der Waals surface area contributed by atoms with Crippen molar-refractivity contribution in [3.8, 4) is 0 Å². The second-order valence-electron chi connectivity index (χ2n) is 6.57. The van der Waals surface area contributed by atoms with E-state index in [0.717, 1.165) is 57.5 Å². The van der Waals surface area contributed by atoms with Gasteiger partial charge in [0.15, 0.2) is 5.78 Å². The normalized spacial score (nSPS) is 15.7. The lowest BCUT2D eigenvalue weighted by Gasteiger charge is -2.36. The van der Waals surface area contributed by atoms with Crippen molar-refractivity contribution in [1.29, 1.82) is 0 Å². The van der Waals surface area contributed by atoms with Crippen molar-refractivity contribution in [2.24, 2.45) is 5.92 Å². The SMILES string of the molecule is CCC(CC)C(=O)N1CCN(CCCC(=O)c2ccccc2)CC1. The summed E-state index contributed by atoms with van der Waals surface area (Å²) in [5.41, 5.74) is 0.804. The highest BCUT2D eigenvalue weighted by Gasteiger charge is 2.25. The Kier molecular flexibility index (Phi) is 7.44. The van der Waals surface area contributed by atoms with E-state index in [9.17, 15) is 9.59 Å². The zero-order valence-corrected chi connectivity index (χ0v) is 15.0. The molecule has 0 radical (unpaired) electrons. The second kappa shape index (κ2) is 9.58. The Hall–Kier alpha value is -1.68. The van der Waals surface area contributed by atoms with Crippen molar-refractivity contribution in [2.75, 3.05) is 32.7 Å². The molecular formula is C20H30N2O2. The molecule has 132 valence electrons. The minimum absolute atomic E-state index is 0.181. The summed E-state index contributed by atoms with van der Waals surface area (Å²) in [7, 11) is 0. The Bertz CT molecular complexity index is 518. The zero-order chi connectivity index (χ0) is 17.4. The number of carbonyl (C=O) groups excluding carboxylic acids is 2. The van der Waals surface area contributed by atoms with Crippen LogP contribution in [-0.4, -0.2) is 54.2 Å². The van der Waals surface area contributed by atoms with Crippen LogP contribution >= 0.6 is 0 Å². The van der Waals surface area contributed by atoms with Gasteiger partial charge >= 0.3 is 0 Å². The summed E-state index contributed by atoms with van der Waals surface area (Å²) >= 11 is 0. The third-order valence-electron chi connectivity index (χ3n) is 4.99. The molecule has 0 bridgehead atoms. The lowest BCUT2D eigenvalue weighted by molar-refractivity contribution is -0.137. The van der Waals surface area contributed by atoms with Crippen LogP contribution in [0.15, 0.2) is 30.3 Å². The van der Waals surface area contributed by atoms with E-state index in [1.165, 1.54) is 0 Å². The molecule has 4 heteroatoms. The standard InChI is InChI=1S/C20H30N2O2/c1-3-17(4-2)20(24)22-15-13-21(14-16-22)12-8-11-19(23)18-9-6-5-7-10-18/h5-7,9-10,17H,3-4,8,11-16H2,1-2H3. The molecule has 1 aliphatic rings. The Morgan fingerprint density at radius 3 is 2.21 bits per heavy atom. The minimum Gasteiger partial charge on any atom is -0.340 e. The third-order valence-corrected chi connectivity index (χ3v) is 4.99. The number of carbonyl (C=O) groups is 2. The minimum atomic E-state index is 0.181. The maximum Gasteiger partial charge on any atom is 0.225 e. The van der Waals surface area contributed by atoms with Crippen LogP contribution in [0.4, 0.5) is 0 Å². The van der Waals surface area contributed by atoms with E-state index < -0.39 is 0 Å². The summed E-state index contributed by atoms with van der Waals surface area (Å²) in [4.78, 5) is 28.9. The molecule has 0 atom stereocenters. The maximum atomic E-state index is 12.4. The molecule has 1 aromatic carbocycles. The van der Waals surface area contributed by atoms with Crippen LogP contribution < -0.4 is 0 Å². The van der Waals surface area contributed by atoms with Crippen LogP contribution in [-0.2, 0) is 4.79 Å². The molecule has 0 spiro atoms. The molecule has 24 heavy (non-hydrogen) atoms. The largest absolute Gasteiger partial charge is 0.340 e. The summed E-state index contributed by atoms with van der Waals surface area (Å²) in [6.07, 6.45) is 3.33. The third kappa shape index (κ3) is 5.17. The van der Waals surface area contributed by atoms with Gasteiger partial charge in [0, 0.05) is 44.1 Å². The molecule has 1 heterocycles. The van der Waals surface area contributed by atoms with Crippen molar-refractivity contribution in [1.82, 2.24) is 9.80 Å². The first-order valence-corrected chi connectivity index (χ1v) is 9.25. The lowest BCUT2D eigenvalue weighted by atomic mass is 10.0. The Morgan fingerprint density at radius 1 is 1.00 bits per heavy atom. The highest BCUT2D eigenvalue weighted by Crippen LogP contribution is 2.14. The van der Waals surface area contributed by atoms with Gasteiger partial charge in [0.05, 0.1) is 0 Å². The number of piperazine rings is 1. The van der Waals surface area contributed by atoms with Gasteiger partial charge in [-0.05, 0) is 25.8 Å². The average molecular weight is 330 g/mol. The molecule has 1 amide bonds. The number of hydrogen-bond acceptors (Lipinski definition) is 3. The van der Waals surface area contributed by atoms with Crippen molar-refractivity contribution in [3.63, 3.8) is 0 Å². The van der Waals surface area contributed by atoms with E-state index in [0.29, 0.717) is 12.3 Å². The van der Waals surface area contributed by atoms with Gasteiger partial charge in [0.2, 0.25) is 5.91 Å². The summed E-state index contributed by atoms with van der Waals surface area (Å²) in [6.45, 7) is 8.60. The van der Waals surface area contributed by atoms with Crippen molar-refractivity contribution < 1.29 is 9.59 Å². The van der Waals surface area contributed by atoms with Gasteiger partial charge in [-0.3, -0.25) is 14.5 Å². The van der Waals surface area contributed by atoms with Gasteiger partial charge in [-0.1, -0.05) is 44.2 Å². The number of benzene rings is 1. The fourth-order valence-electron chi connectivity index (χ4n) is 3.32. The monoisotopic (exact) mass is 330 g/mol. The first-order chi connectivity index (χ1) is 11.7. The molecule has 1 aromatic rings. The molecule has 0 unspecified atom stereocenters. The van der Waals surface area contributed by atoms with Crippen LogP contribution in [0.1, 0.15) is 49.9 Å². The molecule has 1 fully saturated rings. The van der Waals surface area contributed by atoms with Crippen LogP contribution in [0, 0.1) is 5.92 Å². The number of hydrogen-bond donors (Lipinski definition) is 0. The topological polar surface area (TPSA) is 40.6 Å². The van der Waals surface area contributed by atoms with Crippen molar-refractivity contribution >= 4 is 11.7 Å². The summed E-state index contributed by atoms with van der Waals surface area (Å²) < 4.78 is 0. The van der Waals surface area contributed by atoms with E-state index in [4.69, 9.17) is 0 Å². The van der Waals surface area contributed by atoms with Crippen LogP contribution in [0.25, 0.3) is 0 Å². The van der Waals surface area contributed by atoms with Crippen molar-refractivity contribution in [3.05, 3.63) is 35.9 Å². The molecule has 1 saturated heterocycles. The smallest absolute Gasteiger partial charge is 0.225 e. The molecule has 0 aliphatic carbocycles. The van der Waals surface area contributed by atoms with Crippen LogP contribution in [0.5, 0.6) is 0 Å². The first kappa shape index (κ1) is 18.7. The van der Waals surface area contributed by atoms with E-state index in [-0.39, 0.29) is 11.7 Å². The molecule has 0 saturated carbocycles. The van der Waals surface area contributed by atoms with Gasteiger partial charge in [-0.2, -0.15) is 0 Å². The molecular weight excluding hydrogens is 300 g/mol. The first-order valence-electron chi connectivity index (χ1n) is 9.25. The van der Waals surface area contributed by atoms with Gasteiger partial charge in [-0.15, -0.1) is 0 Å². The van der Waals surface area contributed by atoms with Crippen LogP contribution in [0.2, 0.25) is 0 Å². The second-order valence-corrected chi connectivity index (χ2v) is 6.57.